The van der Waals surface area contributed by atoms with Gasteiger partial charge in [-0.15, -0.1) is 11.3 Å². The third-order valence-electron chi connectivity index (χ3n) is 5.40. The van der Waals surface area contributed by atoms with E-state index in [1.807, 2.05) is 19.9 Å². The first-order valence-electron chi connectivity index (χ1n) is 9.58. The van der Waals surface area contributed by atoms with E-state index in [2.05, 4.69) is 15.0 Å². The van der Waals surface area contributed by atoms with Gasteiger partial charge in [-0.05, 0) is 49.8 Å². The lowest BCUT2D eigenvalue weighted by molar-refractivity contribution is 0.0918. The number of hydrogen-bond donors (Lipinski definition) is 1. The van der Waals surface area contributed by atoms with E-state index < -0.39 is 0 Å². The molecule has 0 aromatic carbocycles. The fourth-order valence-corrected chi connectivity index (χ4v) is 4.84. The van der Waals surface area contributed by atoms with E-state index in [0.717, 1.165) is 39.9 Å². The van der Waals surface area contributed by atoms with E-state index in [1.165, 1.54) is 12.3 Å². The molecular formula is C21H23FN4OS. The lowest BCUT2D eigenvalue weighted by atomic mass is 9.97. The number of aryl methyl sites for hydroxylation is 1. The van der Waals surface area contributed by atoms with E-state index in [4.69, 9.17) is 5.73 Å². The SMILES string of the molecule is Cc1cc2nc(C[C@@H](C)c3cncc(F)c3)nc(C(=O)C3CC[C@H](N)C3)c2s1. The molecule has 5 nitrogen and oxygen atoms in total. The molecule has 7 heteroatoms. The second kappa shape index (κ2) is 7.64. The summed E-state index contributed by atoms with van der Waals surface area (Å²) in [5.41, 5.74) is 8.13. The van der Waals surface area contributed by atoms with Crippen molar-refractivity contribution >= 4 is 27.3 Å². The Morgan fingerprint density at radius 1 is 1.32 bits per heavy atom. The molecule has 0 radical (unpaired) electrons. The minimum absolute atomic E-state index is 0.0109. The first-order valence-corrected chi connectivity index (χ1v) is 10.4. The molecule has 3 heterocycles. The smallest absolute Gasteiger partial charge is 0.185 e. The van der Waals surface area contributed by atoms with Gasteiger partial charge in [0, 0.05) is 29.5 Å². The monoisotopic (exact) mass is 398 g/mol. The van der Waals surface area contributed by atoms with Gasteiger partial charge in [0.1, 0.15) is 17.3 Å². The second-order valence-electron chi connectivity index (χ2n) is 7.74. The summed E-state index contributed by atoms with van der Waals surface area (Å²) >= 11 is 1.56. The number of ketones is 1. The van der Waals surface area contributed by atoms with Crippen molar-refractivity contribution in [3.8, 4) is 0 Å². The molecule has 1 aliphatic carbocycles. The zero-order valence-electron chi connectivity index (χ0n) is 16.0. The summed E-state index contributed by atoms with van der Waals surface area (Å²) in [6, 6.07) is 3.57. The number of halogens is 1. The molecule has 3 aromatic rings. The van der Waals surface area contributed by atoms with Crippen LogP contribution in [0.15, 0.2) is 24.5 Å². The molecule has 4 rings (SSSR count). The maximum atomic E-state index is 13.5. The zero-order valence-corrected chi connectivity index (χ0v) is 16.8. The van der Waals surface area contributed by atoms with Crippen LogP contribution >= 0.6 is 11.3 Å². The van der Waals surface area contributed by atoms with E-state index in [-0.39, 0.29) is 29.5 Å². The highest BCUT2D eigenvalue weighted by Crippen LogP contribution is 2.33. The summed E-state index contributed by atoms with van der Waals surface area (Å²) < 4.78 is 14.4. The van der Waals surface area contributed by atoms with Crippen LogP contribution in [0.25, 0.3) is 10.2 Å². The van der Waals surface area contributed by atoms with Gasteiger partial charge in [0.05, 0.1) is 16.4 Å². The van der Waals surface area contributed by atoms with Gasteiger partial charge in [0.2, 0.25) is 0 Å². The summed E-state index contributed by atoms with van der Waals surface area (Å²) in [5, 5.41) is 0. The lowest BCUT2D eigenvalue weighted by Crippen LogP contribution is -2.19. The Kier molecular flexibility index (Phi) is 5.21. The number of rotatable bonds is 5. The van der Waals surface area contributed by atoms with E-state index in [1.54, 1.807) is 17.5 Å². The Labute approximate surface area is 167 Å². The van der Waals surface area contributed by atoms with Crippen molar-refractivity contribution in [3.05, 3.63) is 52.3 Å². The minimum Gasteiger partial charge on any atom is -0.328 e. The second-order valence-corrected chi connectivity index (χ2v) is 8.99. The molecule has 0 amide bonds. The molecule has 3 atom stereocenters. The standard InChI is InChI=1S/C21H23FN4OS/c1-11(14-7-15(22)10-24-9-14)5-18-25-17-6-12(2)28-21(17)19(26-18)20(27)13-3-4-16(23)8-13/h6-7,9-11,13,16H,3-5,8,23H2,1-2H3/t11-,13?,16+/m1/s1. The number of Topliss-reactive ketones (excluding diaryl/α,β-unsaturated/α-hetero) is 1. The molecular weight excluding hydrogens is 375 g/mol. The van der Waals surface area contributed by atoms with Crippen LogP contribution in [0.5, 0.6) is 0 Å². The summed E-state index contributed by atoms with van der Waals surface area (Å²) in [4.78, 5) is 27.5. The maximum Gasteiger partial charge on any atom is 0.185 e. The number of carbonyl (C=O) groups excluding carboxylic acids is 1. The number of pyridine rings is 1. The first kappa shape index (κ1) is 19.1. The number of carbonyl (C=O) groups is 1. The molecule has 3 aromatic heterocycles. The third-order valence-corrected chi connectivity index (χ3v) is 6.45. The summed E-state index contributed by atoms with van der Waals surface area (Å²) in [6.45, 7) is 3.99. The van der Waals surface area contributed by atoms with Crippen LogP contribution in [0.1, 0.15) is 58.9 Å². The van der Waals surface area contributed by atoms with Crippen LogP contribution < -0.4 is 5.73 Å². The van der Waals surface area contributed by atoms with E-state index >= 15 is 0 Å². The van der Waals surface area contributed by atoms with Gasteiger partial charge in [0.15, 0.2) is 5.78 Å². The predicted octanol–water partition coefficient (Wildman–Crippen LogP) is 4.19. The fourth-order valence-electron chi connectivity index (χ4n) is 3.89. The summed E-state index contributed by atoms with van der Waals surface area (Å²) in [6.07, 6.45) is 5.78. The normalized spacial score (nSPS) is 20.6. The number of hydrogen-bond acceptors (Lipinski definition) is 6. The van der Waals surface area contributed by atoms with E-state index in [0.29, 0.717) is 17.9 Å². The van der Waals surface area contributed by atoms with Crippen molar-refractivity contribution in [1.29, 1.82) is 0 Å². The Bertz CT molecular complexity index is 1030. The summed E-state index contributed by atoms with van der Waals surface area (Å²) in [5.74, 6) is 0.246. The van der Waals surface area contributed by atoms with Gasteiger partial charge in [0.25, 0.3) is 0 Å². The van der Waals surface area contributed by atoms with Crippen LogP contribution in [-0.4, -0.2) is 26.8 Å². The number of nitrogens with two attached hydrogens (primary N) is 1. The Morgan fingerprint density at radius 2 is 2.14 bits per heavy atom. The van der Waals surface area contributed by atoms with Gasteiger partial charge in [-0.1, -0.05) is 6.92 Å². The predicted molar refractivity (Wildman–Crippen MR) is 108 cm³/mol. The molecule has 146 valence electrons. The Hall–Kier alpha value is -2.25. The summed E-state index contributed by atoms with van der Waals surface area (Å²) in [7, 11) is 0. The number of aromatic nitrogens is 3. The van der Waals surface area contributed by atoms with Crippen molar-refractivity contribution < 1.29 is 9.18 Å². The number of fused-ring (bicyclic) bond motifs is 1. The van der Waals surface area contributed by atoms with Crippen molar-refractivity contribution in [3.63, 3.8) is 0 Å². The average molecular weight is 399 g/mol. The minimum atomic E-state index is -0.359. The quantitative estimate of drug-likeness (QED) is 0.652. The molecule has 0 spiro atoms. The van der Waals surface area contributed by atoms with Crippen molar-refractivity contribution in [2.75, 3.05) is 0 Å². The van der Waals surface area contributed by atoms with Crippen molar-refractivity contribution in [1.82, 2.24) is 15.0 Å². The highest BCUT2D eigenvalue weighted by molar-refractivity contribution is 7.19. The van der Waals surface area contributed by atoms with E-state index in [9.17, 15) is 9.18 Å². The van der Waals surface area contributed by atoms with Gasteiger partial charge in [-0.2, -0.15) is 0 Å². The van der Waals surface area contributed by atoms with Crippen molar-refractivity contribution in [2.24, 2.45) is 11.7 Å². The zero-order chi connectivity index (χ0) is 19.8. The largest absolute Gasteiger partial charge is 0.328 e. The number of nitrogens with zero attached hydrogens (tertiary/aromatic N) is 3. The molecule has 1 fully saturated rings. The van der Waals surface area contributed by atoms with Crippen LogP contribution in [0, 0.1) is 18.7 Å². The van der Waals surface area contributed by atoms with Gasteiger partial charge >= 0.3 is 0 Å². The highest BCUT2D eigenvalue weighted by atomic mass is 32.1. The van der Waals surface area contributed by atoms with Crippen LogP contribution in [0.2, 0.25) is 0 Å². The van der Waals surface area contributed by atoms with Crippen LogP contribution in [0.4, 0.5) is 4.39 Å². The molecule has 1 aliphatic rings. The fraction of sp³-hybridized carbons (Fsp3) is 0.429. The Balaban J connectivity index is 1.68. The average Bonchev–Trinajstić information content (AvgIpc) is 3.25. The molecule has 1 unspecified atom stereocenters. The Morgan fingerprint density at radius 3 is 2.86 bits per heavy atom. The third kappa shape index (κ3) is 3.82. The molecule has 0 bridgehead atoms. The van der Waals surface area contributed by atoms with Gasteiger partial charge < -0.3 is 5.73 Å². The molecule has 1 saturated carbocycles. The highest BCUT2D eigenvalue weighted by Gasteiger charge is 2.31. The van der Waals surface area contributed by atoms with Gasteiger partial charge in [-0.3, -0.25) is 9.78 Å². The first-order chi connectivity index (χ1) is 13.4. The lowest BCUT2D eigenvalue weighted by Gasteiger charge is -2.13. The molecule has 2 N–H and O–H groups in total. The molecule has 0 saturated heterocycles. The topological polar surface area (TPSA) is 81.8 Å². The molecule has 28 heavy (non-hydrogen) atoms. The van der Waals surface area contributed by atoms with Crippen molar-refractivity contribution in [2.45, 2.75) is 51.5 Å². The number of thiophene rings is 1. The maximum absolute atomic E-state index is 13.5. The van der Waals surface area contributed by atoms with Crippen LogP contribution in [0.3, 0.4) is 0 Å². The van der Waals surface area contributed by atoms with Gasteiger partial charge in [-0.25, -0.2) is 14.4 Å². The molecule has 0 aliphatic heterocycles. The van der Waals surface area contributed by atoms with Crippen LogP contribution in [-0.2, 0) is 6.42 Å².